The molecule has 1 aliphatic heterocycles. The summed E-state index contributed by atoms with van der Waals surface area (Å²) in [4.78, 5) is 2.23. The first-order valence-corrected chi connectivity index (χ1v) is 6.22. The highest BCUT2D eigenvalue weighted by atomic mass is 15.1. The SMILES string of the molecule is C=CCCC(C)NC1CCN(CC#N)CC1. The van der Waals surface area contributed by atoms with Crippen LogP contribution in [0.15, 0.2) is 12.7 Å². The molecule has 0 spiro atoms. The fourth-order valence-electron chi connectivity index (χ4n) is 2.21. The lowest BCUT2D eigenvalue weighted by Gasteiger charge is -2.32. The van der Waals surface area contributed by atoms with E-state index in [0.29, 0.717) is 18.6 Å². The number of likely N-dealkylation sites (tertiary alicyclic amines) is 1. The predicted molar refractivity (Wildman–Crippen MR) is 67.1 cm³/mol. The minimum atomic E-state index is 0.575. The first kappa shape index (κ1) is 13.2. The Morgan fingerprint density at radius 2 is 2.25 bits per heavy atom. The van der Waals surface area contributed by atoms with Gasteiger partial charge in [0.1, 0.15) is 0 Å². The van der Waals surface area contributed by atoms with Crippen molar-refractivity contribution in [1.29, 1.82) is 5.26 Å². The molecule has 0 saturated carbocycles. The van der Waals surface area contributed by atoms with Gasteiger partial charge in [-0.3, -0.25) is 4.90 Å². The van der Waals surface area contributed by atoms with Gasteiger partial charge in [-0.1, -0.05) is 6.08 Å². The van der Waals surface area contributed by atoms with Crippen LogP contribution in [0.4, 0.5) is 0 Å². The molecule has 0 bridgehead atoms. The van der Waals surface area contributed by atoms with Gasteiger partial charge in [0.15, 0.2) is 0 Å². The highest BCUT2D eigenvalue weighted by Crippen LogP contribution is 2.11. The quantitative estimate of drug-likeness (QED) is 0.550. The molecule has 1 N–H and O–H groups in total. The van der Waals surface area contributed by atoms with E-state index in [2.05, 4.69) is 29.8 Å². The number of nitrogens with zero attached hydrogens (tertiary/aromatic N) is 2. The summed E-state index contributed by atoms with van der Waals surface area (Å²) in [6, 6.07) is 3.42. The average molecular weight is 221 g/mol. The van der Waals surface area contributed by atoms with Crippen LogP contribution in [-0.2, 0) is 0 Å². The van der Waals surface area contributed by atoms with Crippen LogP contribution in [0.2, 0.25) is 0 Å². The molecule has 0 amide bonds. The maximum atomic E-state index is 8.61. The van der Waals surface area contributed by atoms with Crippen molar-refractivity contribution in [2.45, 2.75) is 44.7 Å². The third-order valence-electron chi connectivity index (χ3n) is 3.21. The number of nitrogens with one attached hydrogen (secondary N) is 1. The molecule has 1 rings (SSSR count). The molecule has 0 aromatic carbocycles. The van der Waals surface area contributed by atoms with Crippen LogP contribution in [0, 0.1) is 11.3 Å². The van der Waals surface area contributed by atoms with Crippen molar-refractivity contribution in [3.63, 3.8) is 0 Å². The first-order chi connectivity index (χ1) is 7.76. The second kappa shape index (κ2) is 7.43. The van der Waals surface area contributed by atoms with E-state index in [9.17, 15) is 0 Å². The van der Waals surface area contributed by atoms with Gasteiger partial charge < -0.3 is 5.32 Å². The molecule has 1 heterocycles. The van der Waals surface area contributed by atoms with Crippen molar-refractivity contribution in [2.24, 2.45) is 0 Å². The molecule has 1 unspecified atom stereocenters. The molecule has 16 heavy (non-hydrogen) atoms. The Bertz CT molecular complexity index is 236. The third kappa shape index (κ3) is 4.78. The molecule has 0 aliphatic carbocycles. The van der Waals surface area contributed by atoms with Crippen LogP contribution < -0.4 is 5.32 Å². The van der Waals surface area contributed by atoms with Crippen LogP contribution in [0.1, 0.15) is 32.6 Å². The van der Waals surface area contributed by atoms with Gasteiger partial charge in [0.2, 0.25) is 0 Å². The summed E-state index contributed by atoms with van der Waals surface area (Å²) >= 11 is 0. The van der Waals surface area contributed by atoms with Gasteiger partial charge in [-0.2, -0.15) is 5.26 Å². The topological polar surface area (TPSA) is 39.1 Å². The molecule has 0 radical (unpaired) electrons. The fraction of sp³-hybridized carbons (Fsp3) is 0.769. The zero-order valence-electron chi connectivity index (χ0n) is 10.3. The zero-order chi connectivity index (χ0) is 11.8. The lowest BCUT2D eigenvalue weighted by molar-refractivity contribution is 0.209. The van der Waals surface area contributed by atoms with Gasteiger partial charge in [0.25, 0.3) is 0 Å². The molecule has 0 aromatic heterocycles. The number of piperidine rings is 1. The van der Waals surface area contributed by atoms with Gasteiger partial charge >= 0.3 is 0 Å². The zero-order valence-corrected chi connectivity index (χ0v) is 10.3. The molecule has 0 aromatic rings. The highest BCUT2D eigenvalue weighted by Gasteiger charge is 2.19. The molecule has 1 atom stereocenters. The highest BCUT2D eigenvalue weighted by molar-refractivity contribution is 4.84. The third-order valence-corrected chi connectivity index (χ3v) is 3.21. The molecule has 1 saturated heterocycles. The predicted octanol–water partition coefficient (Wildman–Crippen LogP) is 1.92. The van der Waals surface area contributed by atoms with Crippen molar-refractivity contribution in [2.75, 3.05) is 19.6 Å². The largest absolute Gasteiger partial charge is 0.311 e. The van der Waals surface area contributed by atoms with Gasteiger partial charge in [-0.15, -0.1) is 6.58 Å². The maximum absolute atomic E-state index is 8.61. The van der Waals surface area contributed by atoms with E-state index in [1.807, 2.05) is 6.08 Å². The summed E-state index contributed by atoms with van der Waals surface area (Å²) in [6.45, 7) is 8.68. The van der Waals surface area contributed by atoms with E-state index in [4.69, 9.17) is 5.26 Å². The average Bonchev–Trinajstić information content (AvgIpc) is 2.29. The molecular formula is C13H23N3. The standard InChI is InChI=1S/C13H23N3/c1-3-4-5-12(2)15-13-6-9-16(10-7-13)11-8-14/h3,12-13,15H,1,4-7,9-11H2,2H3. The normalized spacial score (nSPS) is 20.2. The molecule has 1 fully saturated rings. The fourth-order valence-corrected chi connectivity index (χ4v) is 2.21. The van der Waals surface area contributed by atoms with E-state index >= 15 is 0 Å². The van der Waals surface area contributed by atoms with Crippen LogP contribution in [0.25, 0.3) is 0 Å². The Kier molecular flexibility index (Phi) is 6.14. The lowest BCUT2D eigenvalue weighted by Crippen LogP contribution is -2.45. The summed E-state index contributed by atoms with van der Waals surface area (Å²) in [5, 5.41) is 12.3. The summed E-state index contributed by atoms with van der Waals surface area (Å²) in [5.74, 6) is 0. The number of nitriles is 1. The number of allylic oxidation sites excluding steroid dienone is 1. The molecule has 1 aliphatic rings. The summed E-state index contributed by atoms with van der Waals surface area (Å²) in [5.41, 5.74) is 0. The lowest BCUT2D eigenvalue weighted by atomic mass is 10.0. The Hall–Kier alpha value is -0.850. The van der Waals surface area contributed by atoms with Crippen molar-refractivity contribution in [3.8, 4) is 6.07 Å². The number of hydrogen-bond donors (Lipinski definition) is 1. The first-order valence-electron chi connectivity index (χ1n) is 6.22. The summed E-state index contributed by atoms with van der Waals surface area (Å²) < 4.78 is 0. The van der Waals surface area contributed by atoms with Crippen LogP contribution >= 0.6 is 0 Å². The molecule has 3 heteroatoms. The second-order valence-electron chi connectivity index (χ2n) is 4.64. The minimum Gasteiger partial charge on any atom is -0.311 e. The van der Waals surface area contributed by atoms with Gasteiger partial charge in [0, 0.05) is 25.2 Å². The molecule has 90 valence electrons. The van der Waals surface area contributed by atoms with Crippen molar-refractivity contribution >= 4 is 0 Å². The van der Waals surface area contributed by atoms with Crippen molar-refractivity contribution in [1.82, 2.24) is 10.2 Å². The smallest absolute Gasteiger partial charge is 0.0866 e. The van der Waals surface area contributed by atoms with E-state index in [-0.39, 0.29) is 0 Å². The maximum Gasteiger partial charge on any atom is 0.0866 e. The van der Waals surface area contributed by atoms with Crippen molar-refractivity contribution < 1.29 is 0 Å². The van der Waals surface area contributed by atoms with Gasteiger partial charge in [0.05, 0.1) is 12.6 Å². The van der Waals surface area contributed by atoms with Crippen LogP contribution in [0.3, 0.4) is 0 Å². The number of hydrogen-bond acceptors (Lipinski definition) is 3. The van der Waals surface area contributed by atoms with Crippen LogP contribution in [0.5, 0.6) is 0 Å². The van der Waals surface area contributed by atoms with Gasteiger partial charge in [-0.05, 0) is 32.6 Å². The second-order valence-corrected chi connectivity index (χ2v) is 4.64. The number of rotatable bonds is 6. The Morgan fingerprint density at radius 3 is 2.81 bits per heavy atom. The molecular weight excluding hydrogens is 198 g/mol. The van der Waals surface area contributed by atoms with E-state index in [0.717, 1.165) is 19.5 Å². The van der Waals surface area contributed by atoms with Crippen LogP contribution in [-0.4, -0.2) is 36.6 Å². The van der Waals surface area contributed by atoms with Gasteiger partial charge in [-0.25, -0.2) is 0 Å². The monoisotopic (exact) mass is 221 g/mol. The summed E-state index contributed by atoms with van der Waals surface area (Å²) in [7, 11) is 0. The molecule has 3 nitrogen and oxygen atoms in total. The Balaban J connectivity index is 2.16. The van der Waals surface area contributed by atoms with E-state index < -0.39 is 0 Å². The minimum absolute atomic E-state index is 0.575. The summed E-state index contributed by atoms with van der Waals surface area (Å²) in [6.07, 6.45) is 6.57. The van der Waals surface area contributed by atoms with Crippen molar-refractivity contribution in [3.05, 3.63) is 12.7 Å². The Morgan fingerprint density at radius 1 is 1.56 bits per heavy atom. The Labute approximate surface area is 99.1 Å². The van der Waals surface area contributed by atoms with E-state index in [1.165, 1.54) is 19.3 Å². The van der Waals surface area contributed by atoms with E-state index in [1.54, 1.807) is 0 Å².